The zero-order chi connectivity index (χ0) is 48.2. The van der Waals surface area contributed by atoms with Gasteiger partial charge in [0.25, 0.3) is 0 Å². The van der Waals surface area contributed by atoms with E-state index in [4.69, 9.17) is 42.7 Å². The molecule has 0 fully saturated rings. The van der Waals surface area contributed by atoms with Crippen molar-refractivity contribution in [2.24, 2.45) is 9.98 Å². The van der Waals surface area contributed by atoms with E-state index in [1.165, 1.54) is 64.3 Å². The standard InChI is InChI=1S/C57H77Cl2N7O2/c1-8-9-10-11-12-13-14-15-36-65(4,5)38-17-41-68-51-29-21-45(22-30-51)57(59)54-32-26-49(62-54)43-47-24-23-46(60-47)42-48-25-31-52(61-48)55(53-33-34-56(57,58)63-53)44-19-27-50(28-20-44)67-40-18-39-66(6,7)37-16-35-64(2)3/h19-34,42-43,60,62H,8-18,35-41H2,1-7H3/q+2. The number of hydrogen-bond acceptors (Lipinski definition) is 5. The van der Waals surface area contributed by atoms with Crippen molar-refractivity contribution >= 4 is 52.4 Å². The first-order valence-electron chi connectivity index (χ1n) is 25.2. The zero-order valence-electron chi connectivity index (χ0n) is 41.9. The number of fused-ring (bicyclic) bond motifs is 6. The molecule has 5 heterocycles. The number of nitrogens with one attached hydrogen (secondary N) is 2. The molecule has 2 aromatic carbocycles. The summed E-state index contributed by atoms with van der Waals surface area (Å²) in [4.78, 5) is 17.1. The molecule has 9 nitrogen and oxygen atoms in total. The average molecular weight is 963 g/mol. The van der Waals surface area contributed by atoms with Gasteiger partial charge in [-0.3, -0.25) is 4.99 Å². The number of alkyl halides is 2. The van der Waals surface area contributed by atoms with Crippen LogP contribution in [0.3, 0.4) is 0 Å². The lowest BCUT2D eigenvalue weighted by Gasteiger charge is -2.37. The molecule has 2 unspecified atom stereocenters. The fourth-order valence-electron chi connectivity index (χ4n) is 9.54. The maximum atomic E-state index is 8.04. The van der Waals surface area contributed by atoms with Crippen LogP contribution in [0.4, 0.5) is 0 Å². The maximum absolute atomic E-state index is 8.04. The number of hydrogen-bond donors (Lipinski definition) is 2. The maximum Gasteiger partial charge on any atom is 0.181 e. The molecular weight excluding hydrogens is 886 g/mol. The van der Waals surface area contributed by atoms with Crippen LogP contribution in [0, 0.1) is 0 Å². The van der Waals surface area contributed by atoms with Gasteiger partial charge in [-0.1, -0.05) is 81.3 Å². The van der Waals surface area contributed by atoms with E-state index >= 15 is 0 Å². The van der Waals surface area contributed by atoms with E-state index in [0.717, 1.165) is 110 Å². The summed E-state index contributed by atoms with van der Waals surface area (Å²) < 4.78 is 14.6. The fourth-order valence-corrected chi connectivity index (χ4v) is 10.2. The summed E-state index contributed by atoms with van der Waals surface area (Å²) in [5.74, 6) is 1.62. The minimum Gasteiger partial charge on any atom is -0.493 e. The Hall–Kier alpha value is -4.64. The molecule has 2 aromatic heterocycles. The minimum absolute atomic E-state index is 0.646. The Morgan fingerprint density at radius 1 is 0.618 bits per heavy atom. The van der Waals surface area contributed by atoms with Crippen molar-refractivity contribution in [2.45, 2.75) is 87.4 Å². The molecule has 2 atom stereocenters. The Balaban J connectivity index is 1.09. The van der Waals surface area contributed by atoms with Gasteiger partial charge in [0.05, 0.1) is 84.7 Å². The van der Waals surface area contributed by atoms with Crippen molar-refractivity contribution in [2.75, 3.05) is 88.2 Å². The molecule has 11 heteroatoms. The summed E-state index contributed by atoms with van der Waals surface area (Å²) in [6, 6.07) is 24.4. The minimum atomic E-state index is -1.42. The molecule has 7 rings (SSSR count). The first-order valence-corrected chi connectivity index (χ1v) is 25.9. The second-order valence-corrected chi connectivity index (χ2v) is 21.8. The highest BCUT2D eigenvalue weighted by atomic mass is 35.5. The summed E-state index contributed by atoms with van der Waals surface area (Å²) in [6.07, 6.45) is 26.0. The molecule has 0 radical (unpaired) electrons. The van der Waals surface area contributed by atoms with Gasteiger partial charge in [-0.25, -0.2) is 4.99 Å². The van der Waals surface area contributed by atoms with Gasteiger partial charge >= 0.3 is 0 Å². The molecule has 4 aromatic rings. The topological polar surface area (TPSA) is 78.0 Å². The van der Waals surface area contributed by atoms with Crippen molar-refractivity contribution in [3.05, 3.63) is 136 Å². The third-order valence-corrected chi connectivity index (χ3v) is 14.9. The third kappa shape index (κ3) is 13.6. The van der Waals surface area contributed by atoms with E-state index in [-0.39, 0.29) is 0 Å². The Morgan fingerprint density at radius 3 is 1.85 bits per heavy atom. The van der Waals surface area contributed by atoms with Crippen LogP contribution in [0.15, 0.2) is 113 Å². The number of ether oxygens (including phenoxy) is 2. The Kier molecular flexibility index (Phi) is 17.6. The average Bonchev–Trinajstić information content (AvgIpc) is 4.15. The summed E-state index contributed by atoms with van der Waals surface area (Å²) in [5.41, 5.74) is 6.50. The van der Waals surface area contributed by atoms with Gasteiger partial charge in [0.15, 0.2) is 9.87 Å². The van der Waals surface area contributed by atoms with Crippen LogP contribution in [0.25, 0.3) is 17.7 Å². The Bertz CT molecular complexity index is 2560. The van der Waals surface area contributed by atoms with Crippen LogP contribution in [0.5, 0.6) is 11.5 Å². The lowest BCUT2D eigenvalue weighted by Crippen LogP contribution is -2.42. The Labute approximate surface area is 416 Å². The number of aromatic amines is 2. The fraction of sp³-hybridized carbons (Fsp3) is 0.474. The molecule has 68 heavy (non-hydrogen) atoms. The van der Waals surface area contributed by atoms with Crippen LogP contribution in [0.1, 0.15) is 100 Å². The second kappa shape index (κ2) is 23.3. The van der Waals surface area contributed by atoms with E-state index in [2.05, 4.69) is 100 Å². The van der Waals surface area contributed by atoms with Crippen LogP contribution >= 0.6 is 23.2 Å². The second-order valence-electron chi connectivity index (χ2n) is 20.6. The number of nitrogens with zero attached hydrogens (tertiary/aromatic N) is 5. The number of unbranched alkanes of at least 4 members (excludes halogenated alkanes) is 7. The SMILES string of the molecule is CCCCCCCCCC[N+](C)(C)CCCOc1ccc(C2(Cl)c3ccc([nH]3)C=c3ccc([nH]3)=CC3=NC(=C(c4ccc(OCCC[N+](C)(C)CCCN(C)C)cc4)C4=NC2(Cl)C=C4)C=C3)cc1. The Morgan fingerprint density at radius 2 is 1.21 bits per heavy atom. The lowest BCUT2D eigenvalue weighted by molar-refractivity contribution is -0.890. The van der Waals surface area contributed by atoms with Crippen LogP contribution in [-0.2, 0) is 4.87 Å². The summed E-state index contributed by atoms with van der Waals surface area (Å²) in [7, 11) is 13.6. The number of quaternary nitrogens is 2. The number of rotatable bonds is 25. The van der Waals surface area contributed by atoms with Gasteiger partial charge in [0, 0.05) is 53.5 Å². The van der Waals surface area contributed by atoms with Crippen molar-refractivity contribution in [3.63, 3.8) is 0 Å². The molecule has 0 spiro atoms. The number of aliphatic imine (C=N–C) groups is 2. The molecular formula is C57H77Cl2N7O2+2. The summed E-state index contributed by atoms with van der Waals surface area (Å²) in [6.45, 7) is 9.15. The third-order valence-electron chi connectivity index (χ3n) is 13.6. The summed E-state index contributed by atoms with van der Waals surface area (Å²) >= 11 is 15.9. The van der Waals surface area contributed by atoms with Crippen molar-refractivity contribution < 1.29 is 18.4 Å². The number of aromatic nitrogens is 2. The largest absolute Gasteiger partial charge is 0.493 e. The highest BCUT2D eigenvalue weighted by Crippen LogP contribution is 2.53. The van der Waals surface area contributed by atoms with E-state index in [1.807, 2.05) is 72.8 Å². The number of benzene rings is 2. The van der Waals surface area contributed by atoms with Gasteiger partial charge in [-0.2, -0.15) is 0 Å². The molecule has 8 bridgehead atoms. The number of H-pyrrole nitrogens is 2. The smallest absolute Gasteiger partial charge is 0.181 e. The van der Waals surface area contributed by atoms with Crippen molar-refractivity contribution in [1.29, 1.82) is 0 Å². The van der Waals surface area contributed by atoms with Gasteiger partial charge in [0.2, 0.25) is 0 Å². The molecule has 3 aliphatic rings. The summed E-state index contributed by atoms with van der Waals surface area (Å²) in [5, 5.41) is 1.89. The quantitative estimate of drug-likeness (QED) is 0.0301. The van der Waals surface area contributed by atoms with Crippen molar-refractivity contribution in [3.8, 4) is 11.5 Å². The zero-order valence-corrected chi connectivity index (χ0v) is 43.4. The molecule has 0 amide bonds. The van der Waals surface area contributed by atoms with Gasteiger partial charge in [0.1, 0.15) is 11.5 Å². The normalized spacial score (nSPS) is 19.0. The van der Waals surface area contributed by atoms with Crippen LogP contribution in [0.2, 0.25) is 0 Å². The predicted octanol–water partition coefficient (Wildman–Crippen LogP) is 10.6. The lowest BCUT2D eigenvalue weighted by atomic mass is 9.87. The van der Waals surface area contributed by atoms with E-state index in [9.17, 15) is 0 Å². The van der Waals surface area contributed by atoms with Crippen LogP contribution in [-0.4, -0.2) is 128 Å². The predicted molar refractivity (Wildman–Crippen MR) is 287 cm³/mol. The molecule has 0 saturated carbocycles. The molecule has 364 valence electrons. The number of halogens is 2. The van der Waals surface area contributed by atoms with Gasteiger partial charge in [-0.05, 0) is 123 Å². The van der Waals surface area contributed by atoms with Crippen LogP contribution < -0.4 is 20.2 Å². The highest BCUT2D eigenvalue weighted by Gasteiger charge is 2.53. The monoisotopic (exact) mass is 962 g/mol. The van der Waals surface area contributed by atoms with E-state index in [0.29, 0.717) is 18.9 Å². The molecule has 2 N–H and O–H groups in total. The van der Waals surface area contributed by atoms with Gasteiger partial charge < -0.3 is 33.3 Å². The van der Waals surface area contributed by atoms with E-state index in [1.54, 1.807) is 0 Å². The first-order chi connectivity index (χ1) is 32.6. The first kappa shape index (κ1) is 51.2. The molecule has 0 aliphatic carbocycles. The molecule has 0 saturated heterocycles. The number of allylic oxidation sites excluding steroid dienone is 4. The van der Waals surface area contributed by atoms with Crippen molar-refractivity contribution in [1.82, 2.24) is 14.9 Å². The highest BCUT2D eigenvalue weighted by molar-refractivity contribution is 6.41. The van der Waals surface area contributed by atoms with Gasteiger partial charge in [-0.15, -0.1) is 11.6 Å². The molecule has 3 aliphatic heterocycles. The van der Waals surface area contributed by atoms with E-state index < -0.39 is 9.87 Å².